The number of aryl methyl sites for hydroxylation is 1. The van der Waals surface area contributed by atoms with Crippen LogP contribution in [0.25, 0.3) is 0 Å². The number of hydrogen-bond donors (Lipinski definition) is 2. The van der Waals surface area contributed by atoms with Gasteiger partial charge >= 0.3 is 0 Å². The Balaban J connectivity index is 1.39. The summed E-state index contributed by atoms with van der Waals surface area (Å²) in [7, 11) is 1.21. The Morgan fingerprint density at radius 2 is 1.80 bits per heavy atom. The Kier molecular flexibility index (Phi) is 8.27. The number of anilines is 5. The Labute approximate surface area is 246 Å². The number of nitrogens with one attached hydrogen (secondary N) is 2. The van der Waals surface area contributed by atoms with Crippen molar-refractivity contribution < 1.29 is 9.30 Å². The highest BCUT2D eigenvalue weighted by molar-refractivity contribution is 7.70. The van der Waals surface area contributed by atoms with Gasteiger partial charge in [-0.1, -0.05) is 36.2 Å². The molecule has 2 fully saturated rings. The van der Waals surface area contributed by atoms with Crippen LogP contribution in [0.15, 0.2) is 36.5 Å². The summed E-state index contributed by atoms with van der Waals surface area (Å²) < 4.78 is 18.8. The van der Waals surface area contributed by atoms with Crippen molar-refractivity contribution in [3.05, 3.63) is 52.1 Å². The first kappa shape index (κ1) is 29.0. The Morgan fingerprint density at radius 1 is 1.07 bits per heavy atom. The Bertz CT molecular complexity index is 1450. The molecule has 0 bridgehead atoms. The van der Waals surface area contributed by atoms with Gasteiger partial charge in [-0.15, -0.1) is 0 Å². The van der Waals surface area contributed by atoms with E-state index in [0.29, 0.717) is 38.2 Å². The second-order valence-corrected chi connectivity index (χ2v) is 15.3. The average Bonchev–Trinajstić information content (AvgIpc) is 2.89. The van der Waals surface area contributed by atoms with E-state index in [9.17, 15) is 4.57 Å². The third kappa shape index (κ3) is 5.91. The van der Waals surface area contributed by atoms with E-state index in [1.807, 2.05) is 6.07 Å². The highest BCUT2D eigenvalue weighted by Gasteiger charge is 2.45. The highest BCUT2D eigenvalue weighted by atomic mass is 35.5. The van der Waals surface area contributed by atoms with E-state index in [-0.39, 0.29) is 0 Å². The lowest BCUT2D eigenvalue weighted by Crippen LogP contribution is -2.60. The predicted octanol–water partition coefficient (Wildman–Crippen LogP) is 6.62. The smallest absolute Gasteiger partial charge is 0.229 e. The molecule has 8 nitrogen and oxygen atoms in total. The van der Waals surface area contributed by atoms with Crippen LogP contribution in [0.5, 0.6) is 5.75 Å². The van der Waals surface area contributed by atoms with Crippen LogP contribution in [0.4, 0.5) is 28.8 Å². The molecule has 0 atom stereocenters. The monoisotopic (exact) mass is 602 g/mol. The number of piperidine rings is 1. The van der Waals surface area contributed by atoms with Gasteiger partial charge in [0, 0.05) is 30.3 Å². The average molecular weight is 604 g/mol. The van der Waals surface area contributed by atoms with Gasteiger partial charge in [-0.25, -0.2) is 4.98 Å². The third-order valence-electron chi connectivity index (χ3n) is 7.99. The molecule has 5 rings (SSSR count). The van der Waals surface area contributed by atoms with Crippen LogP contribution in [0.1, 0.15) is 25.3 Å². The number of ether oxygens (including phenoxy) is 1. The molecular weight excluding hydrogens is 566 g/mol. The molecule has 2 aliphatic rings. The summed E-state index contributed by atoms with van der Waals surface area (Å²) in [5.41, 5.74) is 4.28. The first-order chi connectivity index (χ1) is 19.0. The number of halogens is 2. The second kappa shape index (κ2) is 11.4. The lowest BCUT2D eigenvalue weighted by molar-refractivity contribution is 0.0905. The zero-order valence-electron chi connectivity index (χ0n) is 23.7. The van der Waals surface area contributed by atoms with Gasteiger partial charge in [0.25, 0.3) is 0 Å². The third-order valence-corrected chi connectivity index (χ3v) is 10.3. The number of hydrogen-bond acceptors (Lipinski definition) is 8. The van der Waals surface area contributed by atoms with E-state index < -0.39 is 7.14 Å². The van der Waals surface area contributed by atoms with Crippen molar-refractivity contribution in [2.24, 2.45) is 5.41 Å². The maximum atomic E-state index is 13.0. The number of rotatable bonds is 8. The van der Waals surface area contributed by atoms with Crippen molar-refractivity contribution in [3.8, 4) is 5.75 Å². The van der Waals surface area contributed by atoms with Crippen LogP contribution < -0.4 is 25.6 Å². The number of likely N-dealkylation sites (tertiary alicyclic amines) is 1. The van der Waals surface area contributed by atoms with Crippen LogP contribution in [0.2, 0.25) is 10.0 Å². The second-order valence-electron chi connectivity index (χ2n) is 11.3. The molecule has 2 N–H and O–H groups in total. The van der Waals surface area contributed by atoms with Gasteiger partial charge in [0.2, 0.25) is 5.95 Å². The van der Waals surface area contributed by atoms with Crippen molar-refractivity contribution in [3.63, 3.8) is 0 Å². The predicted molar refractivity (Wildman–Crippen MR) is 168 cm³/mol. The minimum absolute atomic E-state index is 0.329. The molecule has 0 radical (unpaired) electrons. The number of nitrogens with zero attached hydrogens (tertiary/aromatic N) is 4. The molecular formula is C29H37Cl2N6O2P. The maximum absolute atomic E-state index is 13.0. The molecule has 0 amide bonds. The molecule has 1 aromatic heterocycles. The normalized spacial score (nSPS) is 17.0. The van der Waals surface area contributed by atoms with Crippen molar-refractivity contribution in [2.45, 2.75) is 26.2 Å². The minimum atomic E-state index is -2.68. The molecule has 3 aromatic rings. The summed E-state index contributed by atoms with van der Waals surface area (Å²) in [5, 5.41) is 7.85. The van der Waals surface area contributed by atoms with Crippen LogP contribution in [0.3, 0.4) is 0 Å². The van der Waals surface area contributed by atoms with Crippen LogP contribution in [-0.4, -0.2) is 68.5 Å². The van der Waals surface area contributed by atoms with Crippen molar-refractivity contribution in [1.82, 2.24) is 14.9 Å². The Hall–Kier alpha value is -2.51. The topological polar surface area (TPSA) is 82.6 Å². The molecule has 11 heteroatoms. The van der Waals surface area contributed by atoms with Gasteiger partial charge in [-0.2, -0.15) is 4.98 Å². The molecule has 0 unspecified atom stereocenters. The van der Waals surface area contributed by atoms with Crippen molar-refractivity contribution >= 4 is 64.5 Å². The lowest BCUT2D eigenvalue weighted by Gasteiger charge is -2.55. The quantitative estimate of drug-likeness (QED) is 0.278. The number of benzene rings is 2. The first-order valence-electron chi connectivity index (χ1n) is 13.6. The zero-order valence-corrected chi connectivity index (χ0v) is 26.1. The highest BCUT2D eigenvalue weighted by Crippen LogP contribution is 2.46. The van der Waals surface area contributed by atoms with Gasteiger partial charge in [-0.3, -0.25) is 0 Å². The van der Waals surface area contributed by atoms with Gasteiger partial charge in [-0.05, 0) is 76.5 Å². The van der Waals surface area contributed by atoms with Gasteiger partial charge in [0.05, 0.1) is 35.0 Å². The lowest BCUT2D eigenvalue weighted by atomic mass is 9.71. The van der Waals surface area contributed by atoms with E-state index in [4.69, 9.17) is 27.9 Å². The number of methoxy groups -OCH3 is 1. The molecule has 0 aliphatic carbocycles. The molecule has 0 saturated carbocycles. The van der Waals surface area contributed by atoms with E-state index in [0.717, 1.165) is 30.9 Å². The summed E-state index contributed by atoms with van der Waals surface area (Å²) in [6, 6.07) is 9.58. The van der Waals surface area contributed by atoms with Gasteiger partial charge in [0.1, 0.15) is 17.9 Å². The Morgan fingerprint density at radius 3 is 2.45 bits per heavy atom. The fraction of sp³-hybridized carbons (Fsp3) is 0.448. The van der Waals surface area contributed by atoms with Crippen LogP contribution in [0, 0.1) is 5.41 Å². The van der Waals surface area contributed by atoms with Crippen LogP contribution in [-0.2, 0) is 11.0 Å². The van der Waals surface area contributed by atoms with Gasteiger partial charge in [0.15, 0.2) is 5.82 Å². The molecule has 40 heavy (non-hydrogen) atoms. The largest absolute Gasteiger partial charge is 0.494 e. The van der Waals surface area contributed by atoms with E-state index in [1.54, 1.807) is 32.6 Å². The van der Waals surface area contributed by atoms with Crippen molar-refractivity contribution in [1.29, 1.82) is 0 Å². The van der Waals surface area contributed by atoms with E-state index in [2.05, 4.69) is 56.5 Å². The summed E-state index contributed by atoms with van der Waals surface area (Å²) in [4.78, 5) is 13.9. The summed E-state index contributed by atoms with van der Waals surface area (Å²) in [5.74, 6) is 1.46. The molecule has 1 spiro atoms. The first-order valence-corrected chi connectivity index (χ1v) is 16.9. The zero-order chi connectivity index (χ0) is 28.7. The van der Waals surface area contributed by atoms with Crippen LogP contribution >= 0.6 is 30.3 Å². The molecule has 2 aliphatic heterocycles. The fourth-order valence-corrected chi connectivity index (χ4v) is 7.95. The number of aromatic nitrogens is 2. The standard InChI is InChI=1S/C29H37Cl2N6O2P/c1-6-19-14-23(25(39-3)15-24(19)37-17-29(18-37)10-12-36(2)13-11-29)34-28-32-16-21(31)27(35-28)33-22-9-7-8-20(30)26(22)40(4,5)38/h7-9,14-16H,6,10-13,17-18H2,1-5H3,(H2,32,33,34,35). The molecule has 214 valence electrons. The van der Waals surface area contributed by atoms with Crippen molar-refractivity contribution in [2.75, 3.05) is 69.2 Å². The summed E-state index contributed by atoms with van der Waals surface area (Å²) in [6.45, 7) is 10.1. The van der Waals surface area contributed by atoms with Gasteiger partial charge < -0.3 is 29.7 Å². The maximum Gasteiger partial charge on any atom is 0.229 e. The molecule has 2 aromatic carbocycles. The molecule has 3 heterocycles. The molecule has 2 saturated heterocycles. The van der Waals surface area contributed by atoms with E-state index >= 15 is 0 Å². The minimum Gasteiger partial charge on any atom is -0.494 e. The van der Waals surface area contributed by atoms with E-state index in [1.165, 1.54) is 43.4 Å². The summed E-state index contributed by atoms with van der Waals surface area (Å²) >= 11 is 12.9. The summed E-state index contributed by atoms with van der Waals surface area (Å²) in [6.07, 6.45) is 4.93. The fourth-order valence-electron chi connectivity index (χ4n) is 5.73. The SMILES string of the molecule is CCc1cc(Nc2ncc(Cl)c(Nc3cccc(Cl)c3P(C)(C)=O)n2)c(OC)cc1N1CC2(CCN(C)CC2)C1.